The summed E-state index contributed by atoms with van der Waals surface area (Å²) in [5, 5.41) is 32.3. The Labute approximate surface area is 145 Å². The Bertz CT molecular complexity index is 873. The quantitative estimate of drug-likeness (QED) is 0.359. The van der Waals surface area contributed by atoms with E-state index in [-0.39, 0.29) is 15.6 Å². The minimum Gasteiger partial charge on any atom is -0.501 e. The van der Waals surface area contributed by atoms with Gasteiger partial charge in [0.2, 0.25) is 5.75 Å². The molecule has 2 aromatic carbocycles. The van der Waals surface area contributed by atoms with Crippen LogP contribution in [0.2, 0.25) is 0 Å². The smallest absolute Gasteiger partial charge is 0.312 e. The zero-order valence-electron chi connectivity index (χ0n) is 12.1. The summed E-state index contributed by atoms with van der Waals surface area (Å²) in [6, 6.07) is 12.8. The van der Waals surface area contributed by atoms with Gasteiger partial charge in [-0.25, -0.2) is 0 Å². The standard InChI is InChI=1S/C16H10BrN3O4/c17-13-7-10(8-14(15(13)21)20(23)24)6-11(9-18)16(22)19-12-4-2-1-3-5-12/h1-8,21H,(H,19,22)/b11-6-. The first-order valence-electron chi connectivity index (χ1n) is 6.57. The van der Waals surface area contributed by atoms with Gasteiger partial charge in [-0.1, -0.05) is 18.2 Å². The van der Waals surface area contributed by atoms with Gasteiger partial charge in [-0.15, -0.1) is 0 Å². The summed E-state index contributed by atoms with van der Waals surface area (Å²) in [4.78, 5) is 22.3. The molecule has 8 heteroatoms. The number of hydrogen-bond acceptors (Lipinski definition) is 5. The lowest BCUT2D eigenvalue weighted by Gasteiger charge is -2.05. The van der Waals surface area contributed by atoms with Crippen LogP contribution in [0.4, 0.5) is 11.4 Å². The summed E-state index contributed by atoms with van der Waals surface area (Å²) in [7, 11) is 0. The number of anilines is 1. The molecular weight excluding hydrogens is 378 g/mol. The van der Waals surface area contributed by atoms with Crippen molar-refractivity contribution in [2.75, 3.05) is 5.32 Å². The Kier molecular flexibility index (Phi) is 5.29. The van der Waals surface area contributed by atoms with E-state index in [1.54, 1.807) is 36.4 Å². The van der Waals surface area contributed by atoms with Gasteiger partial charge in [-0.05, 0) is 45.8 Å². The Balaban J connectivity index is 2.35. The molecule has 0 heterocycles. The molecule has 120 valence electrons. The second-order valence-corrected chi connectivity index (χ2v) is 5.47. The molecule has 2 rings (SSSR count). The number of amides is 1. The topological polar surface area (TPSA) is 116 Å². The van der Waals surface area contributed by atoms with Crippen molar-refractivity contribution in [1.82, 2.24) is 0 Å². The number of nitrogens with one attached hydrogen (secondary N) is 1. The summed E-state index contributed by atoms with van der Waals surface area (Å²) in [6.07, 6.45) is 1.20. The highest BCUT2D eigenvalue weighted by Crippen LogP contribution is 2.35. The number of hydrogen-bond donors (Lipinski definition) is 2. The number of carbonyl (C=O) groups is 1. The van der Waals surface area contributed by atoms with Crippen LogP contribution in [0.3, 0.4) is 0 Å². The molecular formula is C16H10BrN3O4. The van der Waals surface area contributed by atoms with Crippen LogP contribution in [0.1, 0.15) is 5.56 Å². The lowest BCUT2D eigenvalue weighted by molar-refractivity contribution is -0.386. The number of nitro groups is 1. The maximum Gasteiger partial charge on any atom is 0.312 e. The molecule has 0 bridgehead atoms. The highest BCUT2D eigenvalue weighted by atomic mass is 79.9. The minimum atomic E-state index is -0.756. The van der Waals surface area contributed by atoms with Gasteiger partial charge in [-0.2, -0.15) is 5.26 Å². The first-order valence-corrected chi connectivity index (χ1v) is 7.36. The first kappa shape index (κ1) is 17.2. The molecule has 0 spiro atoms. The van der Waals surface area contributed by atoms with Crippen molar-refractivity contribution < 1.29 is 14.8 Å². The Morgan fingerprint density at radius 2 is 2.00 bits per heavy atom. The average molecular weight is 388 g/mol. The summed E-state index contributed by atoms with van der Waals surface area (Å²) in [5.41, 5.74) is -0.0187. The fraction of sp³-hybridized carbons (Fsp3) is 0. The molecule has 0 fully saturated rings. The number of rotatable bonds is 4. The Hall–Kier alpha value is -3.18. The SMILES string of the molecule is N#C/C(=C/c1cc(Br)c(O)c([N+](=O)[O-])c1)C(=O)Nc1ccccc1. The van der Waals surface area contributed by atoms with E-state index >= 15 is 0 Å². The van der Waals surface area contributed by atoms with Gasteiger partial charge in [0.1, 0.15) is 11.6 Å². The highest BCUT2D eigenvalue weighted by Gasteiger charge is 2.18. The number of phenolic OH excluding ortho intramolecular Hbond substituents is 1. The van der Waals surface area contributed by atoms with Gasteiger partial charge in [0.15, 0.2) is 0 Å². The Morgan fingerprint density at radius 1 is 1.33 bits per heavy atom. The number of halogens is 1. The van der Waals surface area contributed by atoms with Crippen LogP contribution < -0.4 is 5.32 Å². The predicted molar refractivity (Wildman–Crippen MR) is 91.1 cm³/mol. The molecule has 0 unspecified atom stereocenters. The van der Waals surface area contributed by atoms with Crippen LogP contribution in [-0.4, -0.2) is 15.9 Å². The second kappa shape index (κ2) is 7.39. The molecule has 0 aliphatic heterocycles. The second-order valence-electron chi connectivity index (χ2n) is 4.62. The van der Waals surface area contributed by atoms with Gasteiger partial charge in [0.05, 0.1) is 9.40 Å². The van der Waals surface area contributed by atoms with Crippen LogP contribution in [-0.2, 0) is 4.79 Å². The number of benzene rings is 2. The van der Waals surface area contributed by atoms with Gasteiger partial charge >= 0.3 is 5.69 Å². The monoisotopic (exact) mass is 387 g/mol. The number of nitrogens with zero attached hydrogens (tertiary/aromatic N) is 2. The largest absolute Gasteiger partial charge is 0.501 e. The maximum absolute atomic E-state index is 12.1. The molecule has 1 amide bonds. The molecule has 0 atom stereocenters. The third-order valence-corrected chi connectivity index (χ3v) is 3.57. The lowest BCUT2D eigenvalue weighted by Crippen LogP contribution is -2.13. The normalized spacial score (nSPS) is 10.8. The predicted octanol–water partition coefficient (Wildman–Crippen LogP) is 3.61. The van der Waals surface area contributed by atoms with E-state index in [1.807, 2.05) is 0 Å². The molecule has 24 heavy (non-hydrogen) atoms. The minimum absolute atomic E-state index is 0.0868. The van der Waals surface area contributed by atoms with E-state index in [0.29, 0.717) is 5.69 Å². The summed E-state index contributed by atoms with van der Waals surface area (Å²) < 4.78 is 0.0868. The first-order chi connectivity index (χ1) is 11.4. The summed E-state index contributed by atoms with van der Waals surface area (Å²) >= 11 is 3.00. The van der Waals surface area contributed by atoms with Crippen molar-refractivity contribution in [2.24, 2.45) is 0 Å². The fourth-order valence-electron chi connectivity index (χ4n) is 1.86. The van der Waals surface area contributed by atoms with Gasteiger partial charge in [-0.3, -0.25) is 14.9 Å². The third kappa shape index (κ3) is 3.97. The van der Waals surface area contributed by atoms with Crippen LogP contribution in [0, 0.1) is 21.4 Å². The molecule has 7 nitrogen and oxygen atoms in total. The van der Waals surface area contributed by atoms with Crippen LogP contribution >= 0.6 is 15.9 Å². The van der Waals surface area contributed by atoms with Gasteiger partial charge in [0.25, 0.3) is 5.91 Å². The molecule has 0 aliphatic rings. The van der Waals surface area contributed by atoms with Crippen LogP contribution in [0.15, 0.2) is 52.5 Å². The van der Waals surface area contributed by atoms with E-state index in [4.69, 9.17) is 5.26 Å². The number of para-hydroxylation sites is 1. The van der Waals surface area contributed by atoms with Crippen molar-refractivity contribution >= 4 is 39.3 Å². The zero-order valence-corrected chi connectivity index (χ0v) is 13.6. The van der Waals surface area contributed by atoms with Crippen LogP contribution in [0.5, 0.6) is 5.75 Å². The number of carbonyl (C=O) groups excluding carboxylic acids is 1. The fourth-order valence-corrected chi connectivity index (χ4v) is 2.33. The van der Waals surface area contributed by atoms with Crippen LogP contribution in [0.25, 0.3) is 6.08 Å². The van der Waals surface area contributed by atoms with Crippen molar-refractivity contribution in [2.45, 2.75) is 0 Å². The van der Waals surface area contributed by atoms with E-state index in [2.05, 4.69) is 21.2 Å². The molecule has 2 aromatic rings. The molecule has 0 saturated carbocycles. The van der Waals surface area contributed by atoms with Gasteiger partial charge in [0, 0.05) is 11.8 Å². The molecule has 0 aromatic heterocycles. The van der Waals surface area contributed by atoms with E-state index in [9.17, 15) is 20.0 Å². The van der Waals surface area contributed by atoms with Crippen molar-refractivity contribution in [3.63, 3.8) is 0 Å². The number of nitro benzene ring substituents is 1. The molecule has 2 N–H and O–H groups in total. The molecule has 0 saturated heterocycles. The molecule has 0 aliphatic carbocycles. The molecule has 0 radical (unpaired) electrons. The van der Waals surface area contributed by atoms with E-state index < -0.39 is 22.3 Å². The number of phenols is 1. The van der Waals surface area contributed by atoms with Crippen molar-refractivity contribution in [1.29, 1.82) is 5.26 Å². The Morgan fingerprint density at radius 3 is 2.58 bits per heavy atom. The van der Waals surface area contributed by atoms with Crippen molar-refractivity contribution in [3.05, 3.63) is 68.2 Å². The highest BCUT2D eigenvalue weighted by molar-refractivity contribution is 9.10. The lowest BCUT2D eigenvalue weighted by atomic mass is 10.1. The average Bonchev–Trinajstić information content (AvgIpc) is 2.56. The summed E-state index contributed by atoms with van der Waals surface area (Å²) in [6.45, 7) is 0. The van der Waals surface area contributed by atoms with Crippen molar-refractivity contribution in [3.8, 4) is 11.8 Å². The third-order valence-electron chi connectivity index (χ3n) is 2.97. The zero-order chi connectivity index (χ0) is 17.7. The van der Waals surface area contributed by atoms with E-state index in [1.165, 1.54) is 12.1 Å². The maximum atomic E-state index is 12.1. The number of nitriles is 1. The summed E-state index contributed by atoms with van der Waals surface area (Å²) in [5.74, 6) is -1.17. The number of aromatic hydroxyl groups is 1. The van der Waals surface area contributed by atoms with E-state index in [0.717, 1.165) is 6.07 Å². The van der Waals surface area contributed by atoms with Gasteiger partial charge < -0.3 is 10.4 Å².